The van der Waals surface area contributed by atoms with Gasteiger partial charge in [0.05, 0.1) is 23.0 Å². The van der Waals surface area contributed by atoms with Gasteiger partial charge in [-0.2, -0.15) is 0 Å². The number of nitrogens with zero attached hydrogens (tertiary/aromatic N) is 4. The zero-order valence-electron chi connectivity index (χ0n) is 15.7. The Morgan fingerprint density at radius 3 is 2.50 bits per heavy atom. The number of nitrogens with one attached hydrogen (secondary N) is 1. The highest BCUT2D eigenvalue weighted by Crippen LogP contribution is 2.44. The number of imide groups is 1. The van der Waals surface area contributed by atoms with Crippen LogP contribution in [0.4, 0.5) is 10.5 Å². The first-order valence-corrected chi connectivity index (χ1v) is 10.8. The lowest BCUT2D eigenvalue weighted by molar-refractivity contribution is -0.127. The van der Waals surface area contributed by atoms with Crippen LogP contribution in [0, 0.1) is 0 Å². The van der Waals surface area contributed by atoms with E-state index in [1.807, 2.05) is 0 Å². The molecule has 4 rings (SSSR count). The number of amides is 3. The number of anilines is 1. The number of halogens is 2. The summed E-state index contributed by atoms with van der Waals surface area (Å²) < 4.78 is 0.798. The van der Waals surface area contributed by atoms with Crippen molar-refractivity contribution in [3.8, 4) is 5.69 Å². The second-order valence-electron chi connectivity index (χ2n) is 6.99. The van der Waals surface area contributed by atoms with Crippen LogP contribution in [-0.4, -0.2) is 47.8 Å². The Bertz CT molecular complexity index is 1010. The summed E-state index contributed by atoms with van der Waals surface area (Å²) in [6.07, 6.45) is 5.45. The van der Waals surface area contributed by atoms with Crippen LogP contribution in [0.1, 0.15) is 25.7 Å². The molecular weight excluding hydrogens is 449 g/mol. The van der Waals surface area contributed by atoms with Crippen LogP contribution in [-0.2, 0) is 9.59 Å². The van der Waals surface area contributed by atoms with Crippen LogP contribution in [0.15, 0.2) is 47.1 Å². The van der Waals surface area contributed by atoms with Gasteiger partial charge in [-0.05, 0) is 61.7 Å². The van der Waals surface area contributed by atoms with Crippen LogP contribution in [0.3, 0.4) is 0 Å². The first-order valence-electron chi connectivity index (χ1n) is 9.22. The fourth-order valence-electron chi connectivity index (χ4n) is 3.28. The lowest BCUT2D eigenvalue weighted by atomic mass is 9.93. The van der Waals surface area contributed by atoms with Gasteiger partial charge in [0.2, 0.25) is 5.91 Å². The quantitative estimate of drug-likeness (QED) is 0.542. The van der Waals surface area contributed by atoms with Gasteiger partial charge in [0.15, 0.2) is 0 Å². The van der Waals surface area contributed by atoms with Gasteiger partial charge in [0.25, 0.3) is 11.1 Å². The molecule has 3 amide bonds. The maximum absolute atomic E-state index is 12.7. The van der Waals surface area contributed by atoms with Crippen molar-refractivity contribution in [2.75, 3.05) is 11.9 Å². The molecule has 1 aliphatic carbocycles. The largest absolute Gasteiger partial charge is 0.325 e. The molecule has 11 heteroatoms. The van der Waals surface area contributed by atoms with Crippen molar-refractivity contribution < 1.29 is 14.4 Å². The normalized spacial score (nSPS) is 18.8. The predicted molar refractivity (Wildman–Crippen MR) is 115 cm³/mol. The van der Waals surface area contributed by atoms with Gasteiger partial charge in [-0.3, -0.25) is 19.3 Å². The molecule has 2 heterocycles. The molecule has 0 spiro atoms. The van der Waals surface area contributed by atoms with Crippen molar-refractivity contribution in [3.63, 3.8) is 0 Å². The molecule has 1 saturated heterocycles. The second kappa shape index (κ2) is 8.41. The third kappa shape index (κ3) is 4.53. The lowest BCUT2D eigenvalue weighted by Gasteiger charge is -2.26. The van der Waals surface area contributed by atoms with Crippen LogP contribution < -0.4 is 5.32 Å². The topological polar surface area (TPSA) is 97.2 Å². The van der Waals surface area contributed by atoms with Crippen molar-refractivity contribution in [3.05, 3.63) is 47.1 Å². The Hall–Kier alpha value is -2.36. The van der Waals surface area contributed by atoms with E-state index < -0.39 is 21.4 Å². The minimum absolute atomic E-state index is 0.346. The van der Waals surface area contributed by atoms with Crippen LogP contribution in [0.2, 0.25) is 0 Å². The van der Waals surface area contributed by atoms with E-state index in [4.69, 9.17) is 23.2 Å². The number of thioether (sulfide) groups is 1. The highest BCUT2D eigenvalue weighted by molar-refractivity contribution is 8.18. The number of alkyl halides is 2. The number of carbonyl (C=O) groups excluding carboxylic acids is 3. The standard InChI is InChI=1S/C19H17Cl2N5O3S/c20-19(21)7-5-12(6-8-19)16-17(28)25(18(29)30-16)11-15(27)23-13-1-3-14(4-2-13)26-10-9-22-24-26/h1-4,9-10H,5-8,11H2,(H,23,27). The lowest BCUT2D eigenvalue weighted by Crippen LogP contribution is -2.36. The summed E-state index contributed by atoms with van der Waals surface area (Å²) in [5.74, 6) is -0.894. The van der Waals surface area contributed by atoms with Crippen LogP contribution in [0.5, 0.6) is 0 Å². The third-order valence-electron chi connectivity index (χ3n) is 4.90. The minimum Gasteiger partial charge on any atom is -0.325 e. The van der Waals surface area contributed by atoms with E-state index in [1.54, 1.807) is 41.3 Å². The Labute approximate surface area is 186 Å². The first-order chi connectivity index (χ1) is 14.3. The molecule has 8 nitrogen and oxygen atoms in total. The Balaban J connectivity index is 1.38. The highest BCUT2D eigenvalue weighted by atomic mass is 35.5. The summed E-state index contributed by atoms with van der Waals surface area (Å²) in [7, 11) is 0. The molecule has 1 saturated carbocycles. The van der Waals surface area contributed by atoms with E-state index >= 15 is 0 Å². The number of hydrogen-bond acceptors (Lipinski definition) is 6. The van der Waals surface area contributed by atoms with Crippen molar-refractivity contribution in [1.82, 2.24) is 19.9 Å². The van der Waals surface area contributed by atoms with Crippen LogP contribution in [0.25, 0.3) is 5.69 Å². The van der Waals surface area contributed by atoms with Gasteiger partial charge in [0, 0.05) is 5.69 Å². The molecule has 0 radical (unpaired) electrons. The highest BCUT2D eigenvalue weighted by Gasteiger charge is 2.40. The summed E-state index contributed by atoms with van der Waals surface area (Å²) in [6.45, 7) is -0.346. The monoisotopic (exact) mass is 465 g/mol. The summed E-state index contributed by atoms with van der Waals surface area (Å²) in [4.78, 5) is 38.8. The number of aromatic nitrogens is 3. The Morgan fingerprint density at radius 2 is 1.87 bits per heavy atom. The summed E-state index contributed by atoms with van der Waals surface area (Å²) in [5.41, 5.74) is 2.21. The SMILES string of the molecule is O=C(CN1C(=O)SC(=C2CCC(Cl)(Cl)CC2)C1=O)Nc1ccc(-n2ccnn2)cc1. The summed E-state index contributed by atoms with van der Waals surface area (Å²) >= 11 is 13.1. The van der Waals surface area contributed by atoms with Crippen LogP contribution >= 0.6 is 35.0 Å². The average molecular weight is 466 g/mol. The molecule has 2 aliphatic rings. The van der Waals surface area contributed by atoms with Gasteiger partial charge in [-0.1, -0.05) is 10.8 Å². The first kappa shape index (κ1) is 20.9. The summed E-state index contributed by atoms with van der Waals surface area (Å²) in [6, 6.07) is 6.95. The number of hydrogen-bond donors (Lipinski definition) is 1. The van der Waals surface area contributed by atoms with Gasteiger partial charge >= 0.3 is 0 Å². The van der Waals surface area contributed by atoms with Gasteiger partial charge in [-0.15, -0.1) is 28.3 Å². The van der Waals surface area contributed by atoms with Gasteiger partial charge < -0.3 is 5.32 Å². The molecule has 1 aromatic carbocycles. The number of carbonyl (C=O) groups is 3. The fraction of sp³-hybridized carbons (Fsp3) is 0.316. The van der Waals surface area contributed by atoms with Gasteiger partial charge in [-0.25, -0.2) is 4.68 Å². The average Bonchev–Trinajstić information content (AvgIpc) is 3.33. The van der Waals surface area contributed by atoms with E-state index in [0.29, 0.717) is 36.3 Å². The van der Waals surface area contributed by atoms with E-state index in [1.165, 1.54) is 0 Å². The number of benzene rings is 1. The van der Waals surface area contributed by atoms with Crippen molar-refractivity contribution in [2.24, 2.45) is 0 Å². The molecule has 0 atom stereocenters. The Kier molecular flexibility index (Phi) is 5.86. The molecule has 0 unspecified atom stereocenters. The fourth-order valence-corrected chi connectivity index (χ4v) is 4.64. The smallest absolute Gasteiger partial charge is 0.294 e. The van der Waals surface area contributed by atoms with E-state index in [2.05, 4.69) is 15.6 Å². The maximum Gasteiger partial charge on any atom is 0.294 e. The molecule has 156 valence electrons. The van der Waals surface area contributed by atoms with E-state index in [9.17, 15) is 14.4 Å². The van der Waals surface area contributed by atoms with Crippen molar-refractivity contribution >= 4 is 57.7 Å². The molecule has 1 aliphatic heterocycles. The molecule has 2 fully saturated rings. The van der Waals surface area contributed by atoms with E-state index in [-0.39, 0.29) is 6.54 Å². The third-order valence-corrected chi connectivity index (χ3v) is 6.71. The Morgan fingerprint density at radius 1 is 1.17 bits per heavy atom. The second-order valence-corrected chi connectivity index (χ2v) is 9.59. The predicted octanol–water partition coefficient (Wildman–Crippen LogP) is 3.90. The van der Waals surface area contributed by atoms with Gasteiger partial charge in [0.1, 0.15) is 10.9 Å². The molecule has 30 heavy (non-hydrogen) atoms. The van der Waals surface area contributed by atoms with Crippen molar-refractivity contribution in [1.29, 1.82) is 0 Å². The molecule has 2 aromatic rings. The molecule has 0 bridgehead atoms. The number of rotatable bonds is 4. The molecular formula is C19H17Cl2N5O3S. The molecule has 1 N–H and O–H groups in total. The van der Waals surface area contributed by atoms with E-state index in [0.717, 1.165) is 27.9 Å². The maximum atomic E-state index is 12.7. The van der Waals surface area contributed by atoms with Crippen molar-refractivity contribution in [2.45, 2.75) is 30.0 Å². The minimum atomic E-state index is -0.788. The summed E-state index contributed by atoms with van der Waals surface area (Å²) in [5, 5.41) is 9.88. The zero-order chi connectivity index (χ0) is 21.3. The number of allylic oxidation sites excluding steroid dienone is 1. The molecule has 1 aromatic heterocycles. The zero-order valence-corrected chi connectivity index (χ0v) is 18.0.